The van der Waals surface area contributed by atoms with Crippen molar-refractivity contribution in [3.05, 3.63) is 23.3 Å². The standard InChI is InChI=1S/C22H26N2O2/c1-10-12-9-22-14-8-11-4-5-13(25-3)18-16(11)21(22,6-7-23(14)2)20(26-18)15(12)17-19(22)24(10)17/h4-5,10,12,14-15,17,19-20H,6-9H2,1-3H3/t10?,12-,14-,15-,17?,19?,20+,21+,22-,24?/m1/s1. The third kappa shape index (κ3) is 0.999. The van der Waals surface area contributed by atoms with Crippen molar-refractivity contribution in [2.24, 2.45) is 17.3 Å². The lowest BCUT2D eigenvalue weighted by Crippen LogP contribution is -2.79. The highest BCUT2D eigenvalue weighted by molar-refractivity contribution is 5.65. The minimum Gasteiger partial charge on any atom is -0.493 e. The quantitative estimate of drug-likeness (QED) is 0.724. The van der Waals surface area contributed by atoms with Crippen molar-refractivity contribution in [3.8, 4) is 11.5 Å². The van der Waals surface area contributed by atoms with Gasteiger partial charge in [-0.15, -0.1) is 0 Å². The summed E-state index contributed by atoms with van der Waals surface area (Å²) in [5, 5.41) is 0. The van der Waals surface area contributed by atoms with Crippen LogP contribution < -0.4 is 9.47 Å². The van der Waals surface area contributed by atoms with Crippen LogP contribution >= 0.6 is 0 Å². The Morgan fingerprint density at radius 3 is 3.00 bits per heavy atom. The maximum Gasteiger partial charge on any atom is 0.165 e. The Labute approximate surface area is 154 Å². The zero-order chi connectivity index (χ0) is 17.2. The second-order valence-corrected chi connectivity index (χ2v) is 10.2. The lowest BCUT2D eigenvalue weighted by Gasteiger charge is -2.71. The molecule has 10 atom stereocenters. The predicted molar refractivity (Wildman–Crippen MR) is 96.7 cm³/mol. The van der Waals surface area contributed by atoms with Gasteiger partial charge in [0, 0.05) is 46.5 Å². The van der Waals surface area contributed by atoms with Gasteiger partial charge in [-0.3, -0.25) is 4.90 Å². The lowest BCUT2D eigenvalue weighted by atomic mass is 9.35. The molecule has 1 aromatic rings. The molecule has 3 saturated carbocycles. The summed E-state index contributed by atoms with van der Waals surface area (Å²) in [6.45, 7) is 3.70. The van der Waals surface area contributed by atoms with E-state index in [2.05, 4.69) is 35.9 Å². The summed E-state index contributed by atoms with van der Waals surface area (Å²) in [6.07, 6.45) is 4.29. The summed E-state index contributed by atoms with van der Waals surface area (Å²) < 4.78 is 12.7. The smallest absolute Gasteiger partial charge is 0.165 e. The highest BCUT2D eigenvalue weighted by atomic mass is 16.5. The minimum atomic E-state index is 0.249. The van der Waals surface area contributed by atoms with E-state index in [1.54, 1.807) is 18.2 Å². The molecular formula is C22H26N2O2. The SMILES string of the molecule is COc1ccc2c3c1O[C@H]1[C@H]4C5C6N5C(C)[C@H]4C[C@@]64[C@@H](C2)N(C)CC[C@]314. The van der Waals surface area contributed by atoms with Crippen molar-refractivity contribution >= 4 is 0 Å². The van der Waals surface area contributed by atoms with Gasteiger partial charge in [-0.25, -0.2) is 0 Å². The van der Waals surface area contributed by atoms with E-state index in [-0.39, 0.29) is 5.41 Å². The van der Waals surface area contributed by atoms with E-state index in [1.165, 1.54) is 25.8 Å². The Kier molecular flexibility index (Phi) is 1.96. The summed E-state index contributed by atoms with van der Waals surface area (Å²) in [6, 6.07) is 7.57. The van der Waals surface area contributed by atoms with Crippen LogP contribution in [0.1, 0.15) is 30.9 Å². The molecule has 0 amide bonds. The van der Waals surface area contributed by atoms with Crippen molar-refractivity contribution < 1.29 is 9.47 Å². The number of benzene rings is 1. The van der Waals surface area contributed by atoms with Crippen LogP contribution in [-0.2, 0) is 11.8 Å². The lowest BCUT2D eigenvalue weighted by molar-refractivity contribution is -0.193. The van der Waals surface area contributed by atoms with Crippen LogP contribution in [0.15, 0.2) is 12.1 Å². The number of likely N-dealkylation sites (N-methyl/N-ethyl adjacent to an activating group) is 1. The molecule has 26 heavy (non-hydrogen) atoms. The molecule has 4 heteroatoms. The van der Waals surface area contributed by atoms with Gasteiger partial charge in [0.15, 0.2) is 11.5 Å². The molecule has 1 aromatic carbocycles. The minimum absolute atomic E-state index is 0.249. The summed E-state index contributed by atoms with van der Waals surface area (Å²) in [5.74, 6) is 3.66. The van der Waals surface area contributed by atoms with E-state index in [0.717, 1.165) is 41.5 Å². The molecule has 0 radical (unpaired) electrons. The van der Waals surface area contributed by atoms with Gasteiger partial charge in [0.1, 0.15) is 6.10 Å². The Morgan fingerprint density at radius 1 is 1.31 bits per heavy atom. The van der Waals surface area contributed by atoms with Gasteiger partial charge in [-0.2, -0.15) is 0 Å². The monoisotopic (exact) mass is 350 g/mol. The largest absolute Gasteiger partial charge is 0.493 e. The molecule has 9 aliphatic rings. The molecule has 2 spiro atoms. The molecular weight excluding hydrogens is 324 g/mol. The number of likely N-dealkylation sites (tertiary alicyclic amines) is 1. The molecule has 4 nitrogen and oxygen atoms in total. The Bertz CT molecular complexity index is 900. The van der Waals surface area contributed by atoms with Gasteiger partial charge in [-0.05, 0) is 57.3 Å². The van der Waals surface area contributed by atoms with Crippen molar-refractivity contribution in [1.82, 2.24) is 9.80 Å². The number of methoxy groups -OCH3 is 1. The van der Waals surface area contributed by atoms with E-state index in [0.29, 0.717) is 17.6 Å². The predicted octanol–water partition coefficient (Wildman–Crippen LogP) is 2.05. The van der Waals surface area contributed by atoms with Crippen LogP contribution in [0.4, 0.5) is 0 Å². The average molecular weight is 350 g/mol. The van der Waals surface area contributed by atoms with Crippen LogP contribution in [-0.4, -0.2) is 60.8 Å². The number of nitrogens with zero attached hydrogens (tertiary/aromatic N) is 2. The Hall–Kier alpha value is -1.26. The maximum absolute atomic E-state index is 6.94. The molecule has 0 aromatic heterocycles. The summed E-state index contributed by atoms with van der Waals surface area (Å²) in [4.78, 5) is 5.61. The number of ether oxygens (including phenoxy) is 2. The molecule has 5 aliphatic heterocycles. The molecule has 8 bridgehead atoms. The highest BCUT2D eigenvalue weighted by Crippen LogP contribution is 2.83. The van der Waals surface area contributed by atoms with Crippen LogP contribution in [0.3, 0.4) is 0 Å². The van der Waals surface area contributed by atoms with Gasteiger partial charge in [0.2, 0.25) is 0 Å². The summed E-state index contributed by atoms with van der Waals surface area (Å²) in [7, 11) is 4.18. The molecule has 4 aliphatic carbocycles. The van der Waals surface area contributed by atoms with Crippen molar-refractivity contribution in [1.29, 1.82) is 0 Å². The van der Waals surface area contributed by atoms with E-state index < -0.39 is 0 Å². The van der Waals surface area contributed by atoms with E-state index in [9.17, 15) is 0 Å². The first-order chi connectivity index (χ1) is 12.6. The molecule has 7 fully saturated rings. The van der Waals surface area contributed by atoms with Crippen molar-refractivity contribution in [2.45, 2.75) is 61.9 Å². The third-order valence-electron chi connectivity index (χ3n) is 10.2. The number of rotatable bonds is 1. The topological polar surface area (TPSA) is 24.7 Å². The first-order valence-electron chi connectivity index (χ1n) is 10.5. The van der Waals surface area contributed by atoms with Gasteiger partial charge in [-0.1, -0.05) is 6.07 Å². The first-order valence-corrected chi connectivity index (χ1v) is 10.5. The van der Waals surface area contributed by atoms with Crippen LogP contribution in [0, 0.1) is 17.3 Å². The summed E-state index contributed by atoms with van der Waals surface area (Å²) >= 11 is 0. The van der Waals surface area contributed by atoms with E-state index in [4.69, 9.17) is 9.47 Å². The average Bonchev–Trinajstić information content (AvgIpc) is 3.24. The van der Waals surface area contributed by atoms with Crippen LogP contribution in [0.2, 0.25) is 0 Å². The Morgan fingerprint density at radius 2 is 2.19 bits per heavy atom. The van der Waals surface area contributed by atoms with Gasteiger partial charge >= 0.3 is 0 Å². The number of hydrogen-bond acceptors (Lipinski definition) is 4. The second kappa shape index (κ2) is 3.68. The van der Waals surface area contributed by atoms with Crippen molar-refractivity contribution in [2.75, 3.05) is 20.7 Å². The first kappa shape index (κ1) is 13.8. The summed E-state index contributed by atoms with van der Waals surface area (Å²) in [5.41, 5.74) is 3.78. The van der Waals surface area contributed by atoms with Crippen molar-refractivity contribution in [3.63, 3.8) is 0 Å². The van der Waals surface area contributed by atoms with Gasteiger partial charge in [0.05, 0.1) is 7.11 Å². The van der Waals surface area contributed by atoms with Crippen LogP contribution in [0.5, 0.6) is 11.5 Å². The molecule has 0 N–H and O–H groups in total. The fourth-order valence-corrected chi connectivity index (χ4v) is 9.63. The molecule has 136 valence electrons. The zero-order valence-electron chi connectivity index (χ0n) is 15.7. The fourth-order valence-electron chi connectivity index (χ4n) is 9.63. The van der Waals surface area contributed by atoms with Gasteiger partial charge in [0.25, 0.3) is 0 Å². The van der Waals surface area contributed by atoms with E-state index in [1.807, 2.05) is 0 Å². The number of piperidine rings is 3. The molecule has 4 unspecified atom stereocenters. The second-order valence-electron chi connectivity index (χ2n) is 10.2. The third-order valence-corrected chi connectivity index (χ3v) is 10.2. The fraction of sp³-hybridized carbons (Fsp3) is 0.727. The Balaban J connectivity index is 1.49. The highest BCUT2D eigenvalue weighted by Gasteiger charge is 2.90. The zero-order valence-corrected chi connectivity index (χ0v) is 15.7. The maximum atomic E-state index is 6.94. The van der Waals surface area contributed by atoms with Gasteiger partial charge < -0.3 is 14.4 Å². The normalized spacial score (nSPS) is 58.4. The molecule has 5 heterocycles. The molecule has 10 rings (SSSR count). The van der Waals surface area contributed by atoms with Crippen LogP contribution in [0.25, 0.3) is 0 Å². The number of hydrogen-bond donors (Lipinski definition) is 0. The van der Waals surface area contributed by atoms with E-state index >= 15 is 0 Å². The molecule has 4 saturated heterocycles.